The molecule has 0 atom stereocenters. The fraction of sp³-hybridized carbons (Fsp3) is 0.333. The molecule has 0 aliphatic rings. The van der Waals surface area contributed by atoms with Crippen molar-refractivity contribution >= 4 is 11.0 Å². The van der Waals surface area contributed by atoms with Gasteiger partial charge in [0.1, 0.15) is 0 Å². The molecule has 2 rings (SSSR count). The summed E-state index contributed by atoms with van der Waals surface area (Å²) in [5.74, 6) is 0. The van der Waals surface area contributed by atoms with Crippen LogP contribution in [0.5, 0.6) is 0 Å². The summed E-state index contributed by atoms with van der Waals surface area (Å²) in [4.78, 5) is 0. The number of benzene rings is 1. The molecule has 0 amide bonds. The Kier molecular flexibility index (Phi) is 6.09. The third kappa shape index (κ3) is 3.16. The van der Waals surface area contributed by atoms with Crippen molar-refractivity contribution in [1.82, 2.24) is 15.4 Å². The van der Waals surface area contributed by atoms with Crippen molar-refractivity contribution in [2.75, 3.05) is 0 Å². The van der Waals surface area contributed by atoms with Gasteiger partial charge < -0.3 is 10.2 Å². The van der Waals surface area contributed by atoms with Crippen molar-refractivity contribution in [2.45, 2.75) is 20.8 Å². The van der Waals surface area contributed by atoms with Crippen LogP contribution in [0.3, 0.4) is 0 Å². The van der Waals surface area contributed by atoms with Crippen molar-refractivity contribution in [3.05, 3.63) is 23.8 Å². The largest absolute Gasteiger partial charge is 0.350 e. The zero-order valence-corrected chi connectivity index (χ0v) is 11.0. The van der Waals surface area contributed by atoms with Gasteiger partial charge in [-0.25, -0.2) is 0 Å². The van der Waals surface area contributed by atoms with Crippen LogP contribution in [0.2, 0.25) is 0 Å². The molecule has 0 unspecified atom stereocenters. The molecule has 13 heavy (non-hydrogen) atoms. The van der Waals surface area contributed by atoms with Gasteiger partial charge in [0.15, 0.2) is 0 Å². The third-order valence-corrected chi connectivity index (χ3v) is 1.44. The molecule has 3 nitrogen and oxygen atoms in total. The quantitative estimate of drug-likeness (QED) is 0.718. The molecule has 1 aromatic carbocycles. The van der Waals surface area contributed by atoms with Crippen LogP contribution < -0.4 is 5.10 Å². The first kappa shape index (κ1) is 12.7. The van der Waals surface area contributed by atoms with Crippen LogP contribution in [0.4, 0.5) is 0 Å². The number of hydrogen-bond acceptors (Lipinski definition) is 2. The topological polar surface area (TPSA) is 39.9 Å². The van der Waals surface area contributed by atoms with Gasteiger partial charge in [-0.2, -0.15) is 0 Å². The van der Waals surface area contributed by atoms with E-state index in [2.05, 4.69) is 15.4 Å². The Bertz CT molecular complexity index is 356. The predicted octanol–water partition coefficient (Wildman–Crippen LogP) is 1.92. The summed E-state index contributed by atoms with van der Waals surface area (Å²) in [5, 5.41) is 11.2. The van der Waals surface area contributed by atoms with Gasteiger partial charge in [-0.05, 0) is 18.0 Å². The first-order chi connectivity index (χ1) is 5.86. The molecule has 2 aromatic rings. The molecule has 0 saturated carbocycles. The minimum Gasteiger partial charge on any atom is -0.350 e. The fourth-order valence-corrected chi connectivity index (χ4v) is 0.917. The van der Waals surface area contributed by atoms with E-state index in [0.717, 1.165) is 11.0 Å². The van der Waals surface area contributed by atoms with E-state index in [1.807, 2.05) is 39.0 Å². The Labute approximate surface area is 103 Å². The normalized spacial score (nSPS) is 8.54. The third-order valence-electron chi connectivity index (χ3n) is 1.44. The Balaban J connectivity index is 0.000000451. The fourth-order valence-electron chi connectivity index (χ4n) is 0.917. The molecule has 0 bridgehead atoms. The van der Waals surface area contributed by atoms with Gasteiger partial charge in [0, 0.05) is 32.7 Å². The molecule has 4 heteroatoms. The van der Waals surface area contributed by atoms with Gasteiger partial charge in [0.25, 0.3) is 0 Å². The van der Waals surface area contributed by atoms with Crippen LogP contribution in [0, 0.1) is 6.92 Å². The maximum atomic E-state index is 3.82. The Hall–Kier alpha value is -0.276. The molecule has 0 fully saturated rings. The van der Waals surface area contributed by atoms with E-state index < -0.39 is 0 Å². The van der Waals surface area contributed by atoms with E-state index in [9.17, 15) is 0 Å². The molecule has 1 radical (unpaired) electrons. The predicted molar refractivity (Wildman–Crippen MR) is 48.9 cm³/mol. The number of nitrogens with zero attached hydrogens (tertiary/aromatic N) is 3. The molecule has 0 aliphatic carbocycles. The molecule has 0 N–H and O–H groups in total. The average molecular weight is 251 g/mol. The second-order valence-corrected chi connectivity index (χ2v) is 2.28. The van der Waals surface area contributed by atoms with E-state index in [-0.39, 0.29) is 32.7 Å². The summed E-state index contributed by atoms with van der Waals surface area (Å²) < 4.78 is 0. The minimum absolute atomic E-state index is 0. The van der Waals surface area contributed by atoms with E-state index in [0.29, 0.717) is 0 Å². The monoisotopic (exact) mass is 251 g/mol. The number of hydrogen-bond donors (Lipinski definition) is 0. The van der Waals surface area contributed by atoms with Gasteiger partial charge in [0.2, 0.25) is 0 Å². The molecular formula is C9H12N3Y-. The average Bonchev–Trinajstić information content (AvgIpc) is 2.54. The standard InChI is InChI=1S/C7H6N3.C2H6.Y/c1-5-2-3-6-7(4-5)9-10-8-6;1-2;/h2-4H,1H3;1-2H3;/q-1;;. The van der Waals surface area contributed by atoms with E-state index in [4.69, 9.17) is 0 Å². The molecular weight excluding hydrogens is 239 g/mol. The van der Waals surface area contributed by atoms with Crippen LogP contribution in [-0.2, 0) is 32.7 Å². The summed E-state index contributed by atoms with van der Waals surface area (Å²) in [7, 11) is 0. The summed E-state index contributed by atoms with van der Waals surface area (Å²) in [6, 6.07) is 5.89. The molecule has 0 aliphatic heterocycles. The van der Waals surface area contributed by atoms with Crippen molar-refractivity contribution < 1.29 is 32.7 Å². The number of aryl methyl sites for hydroxylation is 1. The van der Waals surface area contributed by atoms with Gasteiger partial charge >= 0.3 is 0 Å². The summed E-state index contributed by atoms with van der Waals surface area (Å²) in [6.07, 6.45) is 0. The maximum Gasteiger partial charge on any atom is 0 e. The van der Waals surface area contributed by atoms with Gasteiger partial charge in [-0.1, -0.05) is 37.6 Å². The summed E-state index contributed by atoms with van der Waals surface area (Å²) in [6.45, 7) is 6.02. The Morgan fingerprint density at radius 2 is 1.92 bits per heavy atom. The zero-order valence-electron chi connectivity index (χ0n) is 8.15. The molecule has 0 saturated heterocycles. The molecule has 67 valence electrons. The number of rotatable bonds is 0. The van der Waals surface area contributed by atoms with Crippen molar-refractivity contribution in [2.24, 2.45) is 0 Å². The van der Waals surface area contributed by atoms with Gasteiger partial charge in [-0.3, -0.25) is 5.21 Å². The summed E-state index contributed by atoms with van der Waals surface area (Å²) in [5.41, 5.74) is 2.93. The molecule has 1 aromatic heterocycles. The van der Waals surface area contributed by atoms with E-state index in [1.54, 1.807) is 0 Å². The van der Waals surface area contributed by atoms with Crippen molar-refractivity contribution in [3.63, 3.8) is 0 Å². The van der Waals surface area contributed by atoms with Crippen LogP contribution in [0.25, 0.3) is 11.0 Å². The number of aromatic nitrogens is 3. The smallest absolute Gasteiger partial charge is 0 e. The second kappa shape index (κ2) is 6.22. The first-order valence-corrected chi connectivity index (χ1v) is 4.09. The van der Waals surface area contributed by atoms with E-state index >= 15 is 0 Å². The first-order valence-electron chi connectivity index (χ1n) is 4.09. The minimum atomic E-state index is 0. The molecule has 1 heterocycles. The van der Waals surface area contributed by atoms with Gasteiger partial charge in [-0.15, -0.1) is 0 Å². The van der Waals surface area contributed by atoms with Gasteiger partial charge in [0.05, 0.1) is 0 Å². The second-order valence-electron chi connectivity index (χ2n) is 2.28. The van der Waals surface area contributed by atoms with Crippen LogP contribution in [0.15, 0.2) is 18.2 Å². The molecule has 0 spiro atoms. The van der Waals surface area contributed by atoms with Crippen LogP contribution in [-0.4, -0.2) is 10.3 Å². The van der Waals surface area contributed by atoms with Crippen LogP contribution >= 0.6 is 0 Å². The Morgan fingerprint density at radius 3 is 2.62 bits per heavy atom. The Morgan fingerprint density at radius 1 is 1.23 bits per heavy atom. The maximum absolute atomic E-state index is 3.82. The van der Waals surface area contributed by atoms with Crippen LogP contribution in [0.1, 0.15) is 19.4 Å². The summed E-state index contributed by atoms with van der Waals surface area (Å²) >= 11 is 0. The van der Waals surface area contributed by atoms with E-state index in [1.165, 1.54) is 5.56 Å². The van der Waals surface area contributed by atoms with Crippen molar-refractivity contribution in [3.8, 4) is 0 Å². The number of fused-ring (bicyclic) bond motifs is 1. The van der Waals surface area contributed by atoms with Crippen molar-refractivity contribution in [1.29, 1.82) is 0 Å². The zero-order chi connectivity index (χ0) is 8.97. The SMILES string of the molecule is CC.Cc1ccc2[n-]nnc2c1.[Y].